The molecule has 1 fully saturated rings. The molecular formula is C11H17N3. The predicted octanol–water partition coefficient (Wildman–Crippen LogP) is 2.31. The molecule has 0 unspecified atom stereocenters. The van der Waals surface area contributed by atoms with E-state index in [9.17, 15) is 0 Å². The van der Waals surface area contributed by atoms with Crippen molar-refractivity contribution in [3.8, 4) is 0 Å². The molecule has 1 saturated carbocycles. The smallest absolute Gasteiger partial charge is 0.129 e. The van der Waals surface area contributed by atoms with Crippen molar-refractivity contribution in [3.05, 3.63) is 17.6 Å². The van der Waals surface area contributed by atoms with E-state index in [2.05, 4.69) is 15.3 Å². The van der Waals surface area contributed by atoms with Gasteiger partial charge in [0, 0.05) is 18.3 Å². The summed E-state index contributed by atoms with van der Waals surface area (Å²) in [6, 6.07) is 2.01. The summed E-state index contributed by atoms with van der Waals surface area (Å²) in [5, 5.41) is 3.38. The van der Waals surface area contributed by atoms with Gasteiger partial charge in [0.05, 0.1) is 0 Å². The minimum atomic E-state index is 0.848. The van der Waals surface area contributed by atoms with E-state index < -0.39 is 0 Å². The van der Waals surface area contributed by atoms with Crippen LogP contribution in [0.4, 0.5) is 5.82 Å². The average Bonchev–Trinajstić information content (AvgIpc) is 1.99. The molecule has 0 radical (unpaired) electrons. The van der Waals surface area contributed by atoms with Crippen molar-refractivity contribution in [1.29, 1.82) is 0 Å². The van der Waals surface area contributed by atoms with Gasteiger partial charge in [0.1, 0.15) is 11.6 Å². The molecule has 76 valence electrons. The van der Waals surface area contributed by atoms with Gasteiger partial charge in [-0.3, -0.25) is 0 Å². The molecule has 0 saturated heterocycles. The highest BCUT2D eigenvalue weighted by atomic mass is 15.0. The zero-order valence-corrected chi connectivity index (χ0v) is 8.88. The molecule has 0 bridgehead atoms. The second-order valence-electron chi connectivity index (χ2n) is 4.12. The number of nitrogens with one attached hydrogen (secondary N) is 1. The van der Waals surface area contributed by atoms with Crippen LogP contribution in [0.3, 0.4) is 0 Å². The van der Waals surface area contributed by atoms with Crippen molar-refractivity contribution in [2.24, 2.45) is 5.92 Å². The predicted molar refractivity (Wildman–Crippen MR) is 57.3 cm³/mol. The third-order valence-electron chi connectivity index (χ3n) is 2.76. The monoisotopic (exact) mass is 191 g/mol. The van der Waals surface area contributed by atoms with Crippen LogP contribution in [0.25, 0.3) is 0 Å². The molecule has 0 aliphatic heterocycles. The second kappa shape index (κ2) is 3.95. The summed E-state index contributed by atoms with van der Waals surface area (Å²) in [5.74, 6) is 2.69. The molecule has 1 heterocycles. The number of aromatic nitrogens is 2. The molecule has 0 aromatic carbocycles. The van der Waals surface area contributed by atoms with E-state index in [0.717, 1.165) is 29.8 Å². The van der Waals surface area contributed by atoms with Crippen molar-refractivity contribution < 1.29 is 0 Å². The molecule has 0 spiro atoms. The van der Waals surface area contributed by atoms with Crippen molar-refractivity contribution in [1.82, 2.24) is 9.97 Å². The van der Waals surface area contributed by atoms with E-state index in [1.807, 2.05) is 19.9 Å². The minimum Gasteiger partial charge on any atom is -0.370 e. The van der Waals surface area contributed by atoms with E-state index in [1.54, 1.807) is 0 Å². The van der Waals surface area contributed by atoms with E-state index in [-0.39, 0.29) is 0 Å². The Morgan fingerprint density at radius 2 is 2.14 bits per heavy atom. The first-order chi connectivity index (χ1) is 6.74. The number of nitrogens with zero attached hydrogens (tertiary/aromatic N) is 2. The van der Waals surface area contributed by atoms with Crippen LogP contribution in [0.5, 0.6) is 0 Å². The molecule has 2 rings (SSSR count). The van der Waals surface area contributed by atoms with Gasteiger partial charge in [-0.1, -0.05) is 6.42 Å². The standard InChI is InChI=1S/C11H17N3/c1-8-6-11(14-9(2)13-8)12-7-10-4-3-5-10/h6,10H,3-5,7H2,1-2H3,(H,12,13,14). The molecule has 0 atom stereocenters. The Morgan fingerprint density at radius 3 is 2.71 bits per heavy atom. The Morgan fingerprint density at radius 1 is 1.36 bits per heavy atom. The number of rotatable bonds is 3. The molecule has 3 heteroatoms. The Labute approximate surface area is 85.0 Å². The number of anilines is 1. The fourth-order valence-electron chi connectivity index (χ4n) is 1.75. The maximum Gasteiger partial charge on any atom is 0.129 e. The number of hydrogen-bond donors (Lipinski definition) is 1. The summed E-state index contributed by atoms with van der Waals surface area (Å²) >= 11 is 0. The summed E-state index contributed by atoms with van der Waals surface area (Å²) in [4.78, 5) is 8.59. The largest absolute Gasteiger partial charge is 0.370 e. The normalized spacial score (nSPS) is 16.4. The quantitative estimate of drug-likeness (QED) is 0.796. The summed E-state index contributed by atoms with van der Waals surface area (Å²) in [7, 11) is 0. The van der Waals surface area contributed by atoms with Crippen molar-refractivity contribution >= 4 is 5.82 Å². The Hall–Kier alpha value is -1.12. The zero-order chi connectivity index (χ0) is 9.97. The summed E-state index contributed by atoms with van der Waals surface area (Å²) in [6.45, 7) is 5.00. The average molecular weight is 191 g/mol. The lowest BCUT2D eigenvalue weighted by Gasteiger charge is -2.25. The van der Waals surface area contributed by atoms with Crippen LogP contribution in [-0.4, -0.2) is 16.5 Å². The fourth-order valence-corrected chi connectivity index (χ4v) is 1.75. The maximum absolute atomic E-state index is 4.34. The van der Waals surface area contributed by atoms with Gasteiger partial charge in [-0.15, -0.1) is 0 Å². The number of hydrogen-bond acceptors (Lipinski definition) is 3. The lowest BCUT2D eigenvalue weighted by atomic mass is 9.85. The van der Waals surface area contributed by atoms with Gasteiger partial charge < -0.3 is 5.32 Å². The van der Waals surface area contributed by atoms with Crippen molar-refractivity contribution in [3.63, 3.8) is 0 Å². The van der Waals surface area contributed by atoms with Gasteiger partial charge in [0.25, 0.3) is 0 Å². The Balaban J connectivity index is 1.94. The van der Waals surface area contributed by atoms with Crippen LogP contribution in [-0.2, 0) is 0 Å². The first-order valence-corrected chi connectivity index (χ1v) is 5.30. The fraction of sp³-hybridized carbons (Fsp3) is 0.636. The zero-order valence-electron chi connectivity index (χ0n) is 8.88. The van der Waals surface area contributed by atoms with Gasteiger partial charge in [0.2, 0.25) is 0 Å². The third kappa shape index (κ3) is 2.22. The Kier molecular flexibility index (Phi) is 2.66. The van der Waals surface area contributed by atoms with Gasteiger partial charge in [-0.25, -0.2) is 9.97 Å². The van der Waals surface area contributed by atoms with Crippen LogP contribution in [0.2, 0.25) is 0 Å². The van der Waals surface area contributed by atoms with Gasteiger partial charge >= 0.3 is 0 Å². The second-order valence-corrected chi connectivity index (χ2v) is 4.12. The molecule has 0 amide bonds. The first-order valence-electron chi connectivity index (χ1n) is 5.30. The van der Waals surface area contributed by atoms with E-state index in [1.165, 1.54) is 19.3 Å². The highest BCUT2D eigenvalue weighted by molar-refractivity contribution is 5.35. The molecule has 1 aromatic heterocycles. The summed E-state index contributed by atoms with van der Waals surface area (Å²) in [6.07, 6.45) is 4.14. The first kappa shape index (κ1) is 9.44. The minimum absolute atomic E-state index is 0.848. The molecule has 1 aromatic rings. The topological polar surface area (TPSA) is 37.8 Å². The van der Waals surface area contributed by atoms with Crippen LogP contribution in [0.1, 0.15) is 30.8 Å². The van der Waals surface area contributed by atoms with Crippen LogP contribution in [0, 0.1) is 19.8 Å². The summed E-state index contributed by atoms with van der Waals surface area (Å²) in [5.41, 5.74) is 1.04. The van der Waals surface area contributed by atoms with Gasteiger partial charge in [0.15, 0.2) is 0 Å². The van der Waals surface area contributed by atoms with Crippen LogP contribution < -0.4 is 5.32 Å². The lowest BCUT2D eigenvalue weighted by Crippen LogP contribution is -2.21. The molecule has 3 nitrogen and oxygen atoms in total. The third-order valence-corrected chi connectivity index (χ3v) is 2.76. The van der Waals surface area contributed by atoms with E-state index in [0.29, 0.717) is 0 Å². The van der Waals surface area contributed by atoms with Gasteiger partial charge in [-0.05, 0) is 32.6 Å². The highest BCUT2D eigenvalue weighted by Crippen LogP contribution is 2.26. The molecule has 14 heavy (non-hydrogen) atoms. The number of aryl methyl sites for hydroxylation is 2. The van der Waals surface area contributed by atoms with Gasteiger partial charge in [-0.2, -0.15) is 0 Å². The summed E-state index contributed by atoms with van der Waals surface area (Å²) < 4.78 is 0. The molecule has 1 N–H and O–H groups in total. The van der Waals surface area contributed by atoms with Crippen LogP contribution in [0.15, 0.2) is 6.07 Å². The van der Waals surface area contributed by atoms with Crippen molar-refractivity contribution in [2.45, 2.75) is 33.1 Å². The van der Waals surface area contributed by atoms with Crippen LogP contribution >= 0.6 is 0 Å². The Bertz CT molecular complexity index is 298. The SMILES string of the molecule is Cc1cc(NCC2CCC2)nc(C)n1. The van der Waals surface area contributed by atoms with Crippen molar-refractivity contribution in [2.75, 3.05) is 11.9 Å². The molecule has 1 aliphatic rings. The molecular weight excluding hydrogens is 174 g/mol. The highest BCUT2D eigenvalue weighted by Gasteiger charge is 2.16. The maximum atomic E-state index is 4.34. The lowest BCUT2D eigenvalue weighted by molar-refractivity contribution is 0.333. The molecule has 1 aliphatic carbocycles. The van der Waals surface area contributed by atoms with E-state index >= 15 is 0 Å². The van der Waals surface area contributed by atoms with E-state index in [4.69, 9.17) is 0 Å².